The van der Waals surface area contributed by atoms with Crippen LogP contribution in [0.5, 0.6) is 0 Å². The topological polar surface area (TPSA) is 219 Å². The lowest BCUT2D eigenvalue weighted by Gasteiger charge is -2.19. The normalized spacial score (nSPS) is 34.4. The Morgan fingerprint density at radius 1 is 1.25 bits per heavy atom. The van der Waals surface area contributed by atoms with E-state index in [2.05, 4.69) is 4.98 Å². The average Bonchev–Trinajstić information content (AvgIpc) is 3.15. The highest BCUT2D eigenvalue weighted by Gasteiger charge is 2.75. The Balaban J connectivity index is 1.37. The van der Waals surface area contributed by atoms with E-state index < -0.39 is 74.5 Å². The molecule has 15 nitrogen and oxygen atoms in total. The Bertz CT molecular complexity index is 1190. The molecule has 1 saturated carbocycles. The molecule has 3 aliphatic rings. The maximum absolute atomic E-state index is 12.5. The minimum Gasteiger partial charge on any atom is -0.468 e. The lowest BCUT2D eigenvalue weighted by Crippen LogP contribution is -2.36. The Hall–Kier alpha value is -2.65. The molecule has 2 fully saturated rings. The number of esters is 2. The van der Waals surface area contributed by atoms with Gasteiger partial charge in [0.1, 0.15) is 29.5 Å². The largest absolute Gasteiger partial charge is 0.472 e. The number of fused-ring (bicyclic) bond motifs is 1. The fourth-order valence-electron chi connectivity index (χ4n) is 4.99. The van der Waals surface area contributed by atoms with Crippen LogP contribution in [-0.2, 0) is 37.4 Å². The first-order valence-corrected chi connectivity index (χ1v) is 12.3. The number of rotatable bonds is 9. The van der Waals surface area contributed by atoms with Gasteiger partial charge in [-0.2, -0.15) is 4.98 Å². The Morgan fingerprint density at radius 2 is 1.94 bits per heavy atom. The molecule has 0 radical (unpaired) electrons. The van der Waals surface area contributed by atoms with E-state index >= 15 is 0 Å². The van der Waals surface area contributed by atoms with E-state index in [4.69, 9.17) is 29.0 Å². The zero-order valence-corrected chi connectivity index (χ0v) is 20.1. The van der Waals surface area contributed by atoms with Crippen LogP contribution in [-0.4, -0.2) is 82.3 Å². The standard InChI is InChI=1S/C20H26N3O12P/c1-31-17(26)10-4-3-9-11(20(9,10)18(27)32-2)7-33-36(29,30)34-8-12-14(24)15(25)16(35-12)23-6-5-13(21)22-19(23)28/h4-6,9,11-12,14-16,24-25H,3,7-8H2,1-2H3,(H,29,30)(H2,21,22,28)/t9-,11+,12+,14+,15+,16+,20-/m0/s1. The summed E-state index contributed by atoms with van der Waals surface area (Å²) in [4.78, 5) is 50.3. The van der Waals surface area contributed by atoms with Gasteiger partial charge >= 0.3 is 25.5 Å². The van der Waals surface area contributed by atoms with Crippen molar-refractivity contribution in [2.75, 3.05) is 33.2 Å². The van der Waals surface area contributed by atoms with Gasteiger partial charge in [0, 0.05) is 12.1 Å². The fraction of sp³-hybridized carbons (Fsp3) is 0.600. The number of aliphatic hydroxyl groups excluding tert-OH is 2. The molecule has 1 aliphatic heterocycles. The molecule has 16 heteroatoms. The summed E-state index contributed by atoms with van der Waals surface area (Å²) in [5.74, 6) is -2.44. The summed E-state index contributed by atoms with van der Waals surface area (Å²) in [6, 6.07) is 1.29. The molecule has 0 spiro atoms. The van der Waals surface area contributed by atoms with Crippen LogP contribution in [0.1, 0.15) is 12.6 Å². The summed E-state index contributed by atoms with van der Waals surface area (Å²) < 4.78 is 38.4. The molecule has 1 saturated heterocycles. The Morgan fingerprint density at radius 3 is 2.58 bits per heavy atom. The summed E-state index contributed by atoms with van der Waals surface area (Å²) >= 11 is 0. The first-order chi connectivity index (χ1) is 17.0. The number of carbonyl (C=O) groups is 2. The van der Waals surface area contributed by atoms with Gasteiger partial charge in [-0.3, -0.25) is 18.4 Å². The molecule has 1 aromatic heterocycles. The maximum atomic E-state index is 12.5. The predicted octanol–water partition coefficient (Wildman–Crippen LogP) is -1.51. The van der Waals surface area contributed by atoms with Gasteiger partial charge in [-0.25, -0.2) is 14.2 Å². The molecular weight excluding hydrogens is 505 g/mol. The number of hydrogen-bond donors (Lipinski definition) is 4. The summed E-state index contributed by atoms with van der Waals surface area (Å²) in [6.07, 6.45) is -2.65. The zero-order valence-electron chi connectivity index (χ0n) is 19.3. The molecule has 198 valence electrons. The molecule has 1 aromatic rings. The lowest BCUT2D eigenvalue weighted by molar-refractivity contribution is -0.149. The van der Waals surface area contributed by atoms with Crippen molar-refractivity contribution in [2.45, 2.75) is 31.0 Å². The van der Waals surface area contributed by atoms with Gasteiger partial charge < -0.3 is 35.1 Å². The van der Waals surface area contributed by atoms with Gasteiger partial charge in [0.2, 0.25) is 0 Å². The molecule has 0 aromatic carbocycles. The summed E-state index contributed by atoms with van der Waals surface area (Å²) in [5, 5.41) is 20.5. The highest BCUT2D eigenvalue weighted by Crippen LogP contribution is 2.70. The van der Waals surface area contributed by atoms with Crippen molar-refractivity contribution in [3.8, 4) is 0 Å². The lowest BCUT2D eigenvalue weighted by atomic mass is 9.94. The van der Waals surface area contributed by atoms with E-state index in [0.29, 0.717) is 6.42 Å². The summed E-state index contributed by atoms with van der Waals surface area (Å²) in [6.45, 7) is -1.09. The fourth-order valence-corrected chi connectivity index (χ4v) is 5.75. The third-order valence-corrected chi connectivity index (χ3v) is 7.73. The summed E-state index contributed by atoms with van der Waals surface area (Å²) in [5.41, 5.74) is 3.38. The minimum atomic E-state index is -4.73. The van der Waals surface area contributed by atoms with E-state index in [1.54, 1.807) is 6.08 Å². The van der Waals surface area contributed by atoms with E-state index in [1.165, 1.54) is 26.5 Å². The number of allylic oxidation sites excluding steroid dienone is 1. The van der Waals surface area contributed by atoms with Crippen LogP contribution < -0.4 is 11.4 Å². The van der Waals surface area contributed by atoms with Crippen LogP contribution >= 0.6 is 7.82 Å². The number of nitrogens with two attached hydrogens (primary N) is 1. The monoisotopic (exact) mass is 531 g/mol. The molecule has 2 aliphatic carbocycles. The molecular formula is C20H26N3O12P. The van der Waals surface area contributed by atoms with Gasteiger partial charge in [-0.15, -0.1) is 0 Å². The van der Waals surface area contributed by atoms with Crippen LogP contribution in [0.25, 0.3) is 0 Å². The number of phosphoric acid groups is 1. The first kappa shape index (κ1) is 26.4. The number of nitrogens with zero attached hydrogens (tertiary/aromatic N) is 2. The second-order valence-corrected chi connectivity index (χ2v) is 10.0. The Labute approximate surface area is 204 Å². The van der Waals surface area contributed by atoms with E-state index in [0.717, 1.165) is 4.57 Å². The number of hydrogen-bond acceptors (Lipinski definition) is 13. The van der Waals surface area contributed by atoms with Crippen LogP contribution in [0.2, 0.25) is 0 Å². The number of aliphatic hydroxyl groups is 2. The minimum absolute atomic E-state index is 0.0504. The highest BCUT2D eigenvalue weighted by atomic mass is 31.2. The van der Waals surface area contributed by atoms with Crippen molar-refractivity contribution in [1.29, 1.82) is 0 Å². The average molecular weight is 531 g/mol. The molecule has 36 heavy (non-hydrogen) atoms. The Kier molecular flexibility index (Phi) is 7.09. The third-order valence-electron chi connectivity index (χ3n) is 6.78. The van der Waals surface area contributed by atoms with Crippen molar-refractivity contribution in [3.63, 3.8) is 0 Å². The zero-order chi connectivity index (χ0) is 26.4. The molecule has 0 amide bonds. The first-order valence-electron chi connectivity index (χ1n) is 10.8. The van der Waals surface area contributed by atoms with Crippen LogP contribution in [0.3, 0.4) is 0 Å². The number of nitrogen functional groups attached to an aromatic ring is 1. The molecule has 5 N–H and O–H groups in total. The maximum Gasteiger partial charge on any atom is 0.472 e. The van der Waals surface area contributed by atoms with Gasteiger partial charge in [0.15, 0.2) is 6.23 Å². The van der Waals surface area contributed by atoms with E-state index in [1.807, 2.05) is 0 Å². The number of anilines is 1. The van der Waals surface area contributed by atoms with Gasteiger partial charge in [-0.05, 0) is 18.4 Å². The van der Waals surface area contributed by atoms with Crippen molar-refractivity contribution in [1.82, 2.24) is 9.55 Å². The predicted molar refractivity (Wildman–Crippen MR) is 117 cm³/mol. The molecule has 2 heterocycles. The van der Waals surface area contributed by atoms with Crippen LogP contribution in [0.4, 0.5) is 5.82 Å². The van der Waals surface area contributed by atoms with Crippen molar-refractivity contribution in [3.05, 3.63) is 34.4 Å². The number of phosphoric ester groups is 1. The van der Waals surface area contributed by atoms with Gasteiger partial charge in [0.25, 0.3) is 0 Å². The smallest absolute Gasteiger partial charge is 0.468 e. The van der Waals surface area contributed by atoms with Crippen LogP contribution in [0.15, 0.2) is 28.7 Å². The number of methoxy groups -OCH3 is 2. The third kappa shape index (κ3) is 4.36. The van der Waals surface area contributed by atoms with Crippen LogP contribution in [0, 0.1) is 17.3 Å². The van der Waals surface area contributed by atoms with Gasteiger partial charge in [0.05, 0.1) is 33.0 Å². The molecule has 4 rings (SSSR count). The van der Waals surface area contributed by atoms with Crippen molar-refractivity contribution >= 4 is 25.6 Å². The molecule has 1 unspecified atom stereocenters. The SMILES string of the molecule is COC(=O)C1=CC[C@H]2[C@@H](COP(=O)(O)OC[C@H]3O[C@@H](n4ccc(N)nc4=O)[C@H](O)[C@@H]3O)[C@@]12C(=O)OC. The number of aromatic nitrogens is 2. The van der Waals surface area contributed by atoms with Gasteiger partial charge in [-0.1, -0.05) is 6.08 Å². The number of carbonyl (C=O) groups excluding carboxylic acids is 2. The van der Waals surface area contributed by atoms with Crippen molar-refractivity contribution < 1.29 is 52.5 Å². The molecule has 8 atom stereocenters. The highest BCUT2D eigenvalue weighted by molar-refractivity contribution is 7.47. The number of ether oxygens (including phenoxy) is 3. The quantitative estimate of drug-likeness (QED) is 0.210. The second kappa shape index (κ2) is 9.67. The summed E-state index contributed by atoms with van der Waals surface area (Å²) in [7, 11) is -2.39. The van der Waals surface area contributed by atoms with E-state index in [9.17, 15) is 34.1 Å². The molecule has 0 bridgehead atoms. The van der Waals surface area contributed by atoms with E-state index in [-0.39, 0.29) is 17.3 Å². The second-order valence-electron chi connectivity index (χ2n) is 8.57. The van der Waals surface area contributed by atoms with Crippen molar-refractivity contribution in [2.24, 2.45) is 17.3 Å².